The number of amides is 1. The standard InChI is InChI=1S/C31H30ClNO5/c1-4-6-7-15-37-25-14-12-20(17-26(25)36-5-2)28-27-29(34)23-16-19(3)11-13-24(23)38-30(27)31(35)33(28)22-10-8-9-21(32)18-22/h8-14,16-18,28H,4-7,15H2,1-3H3. The maximum atomic E-state index is 13.9. The predicted molar refractivity (Wildman–Crippen MR) is 150 cm³/mol. The van der Waals surface area contributed by atoms with Crippen LogP contribution in [0.25, 0.3) is 11.0 Å². The molecule has 7 heteroatoms. The second-order valence-corrected chi connectivity index (χ2v) is 9.86. The number of hydrogen-bond acceptors (Lipinski definition) is 5. The molecule has 0 saturated carbocycles. The lowest BCUT2D eigenvalue weighted by molar-refractivity contribution is 0.0971. The van der Waals surface area contributed by atoms with Gasteiger partial charge in [-0.1, -0.05) is 55.1 Å². The Morgan fingerprint density at radius 3 is 2.55 bits per heavy atom. The van der Waals surface area contributed by atoms with Gasteiger partial charge >= 0.3 is 0 Å². The molecule has 1 atom stereocenters. The van der Waals surface area contributed by atoms with Crippen LogP contribution in [0.2, 0.25) is 5.02 Å². The second-order valence-electron chi connectivity index (χ2n) is 9.43. The molecule has 196 valence electrons. The van der Waals surface area contributed by atoms with E-state index in [2.05, 4.69) is 6.92 Å². The highest BCUT2D eigenvalue weighted by atomic mass is 35.5. The van der Waals surface area contributed by atoms with Gasteiger partial charge in [0, 0.05) is 10.7 Å². The summed E-state index contributed by atoms with van der Waals surface area (Å²) in [5.41, 5.74) is 2.65. The second kappa shape index (κ2) is 10.9. The third-order valence-corrected chi connectivity index (χ3v) is 6.94. The SMILES string of the molecule is CCCCCOc1ccc(C2c3c(oc4ccc(C)cc4c3=O)C(=O)N2c2cccc(Cl)c2)cc1OCC. The topological polar surface area (TPSA) is 69.0 Å². The van der Waals surface area contributed by atoms with Crippen molar-refractivity contribution in [3.05, 3.63) is 98.4 Å². The van der Waals surface area contributed by atoms with Crippen molar-refractivity contribution in [2.45, 2.75) is 46.1 Å². The largest absolute Gasteiger partial charge is 0.490 e. The van der Waals surface area contributed by atoms with E-state index < -0.39 is 11.9 Å². The molecule has 2 heterocycles. The molecule has 0 fully saturated rings. The molecule has 0 aliphatic carbocycles. The molecule has 3 aromatic carbocycles. The van der Waals surface area contributed by atoms with E-state index in [1.54, 1.807) is 41.3 Å². The maximum Gasteiger partial charge on any atom is 0.295 e. The lowest BCUT2D eigenvalue weighted by atomic mass is 9.97. The summed E-state index contributed by atoms with van der Waals surface area (Å²) in [5, 5.41) is 0.923. The van der Waals surface area contributed by atoms with Gasteiger partial charge in [0.25, 0.3) is 5.91 Å². The molecule has 6 nitrogen and oxygen atoms in total. The Bertz CT molecular complexity index is 1560. The number of benzene rings is 3. The van der Waals surface area contributed by atoms with Gasteiger partial charge in [0.2, 0.25) is 5.76 Å². The molecule has 0 bridgehead atoms. The minimum Gasteiger partial charge on any atom is -0.490 e. The van der Waals surface area contributed by atoms with Crippen LogP contribution >= 0.6 is 11.6 Å². The number of halogens is 1. The first-order valence-electron chi connectivity index (χ1n) is 13.0. The number of carbonyl (C=O) groups excluding carboxylic acids is 1. The number of aryl methyl sites for hydroxylation is 1. The summed E-state index contributed by atoms with van der Waals surface area (Å²) >= 11 is 6.31. The third kappa shape index (κ3) is 4.76. The molecule has 1 unspecified atom stereocenters. The van der Waals surface area contributed by atoms with E-state index in [1.165, 1.54) is 0 Å². The molecule has 1 aliphatic rings. The lowest BCUT2D eigenvalue weighted by Gasteiger charge is -2.26. The summed E-state index contributed by atoms with van der Waals surface area (Å²) in [5.74, 6) is 0.833. The summed E-state index contributed by atoms with van der Waals surface area (Å²) in [6.07, 6.45) is 3.14. The van der Waals surface area contributed by atoms with E-state index in [1.807, 2.05) is 38.1 Å². The van der Waals surface area contributed by atoms with Crippen LogP contribution in [0.15, 0.2) is 69.9 Å². The monoisotopic (exact) mass is 531 g/mol. The highest BCUT2D eigenvalue weighted by Crippen LogP contribution is 2.43. The fraction of sp³-hybridized carbons (Fsp3) is 0.290. The van der Waals surface area contributed by atoms with E-state index in [9.17, 15) is 9.59 Å². The van der Waals surface area contributed by atoms with E-state index in [0.717, 1.165) is 24.8 Å². The van der Waals surface area contributed by atoms with Gasteiger partial charge in [0.05, 0.1) is 30.2 Å². The van der Waals surface area contributed by atoms with Crippen molar-refractivity contribution in [1.82, 2.24) is 0 Å². The number of hydrogen-bond donors (Lipinski definition) is 0. The molecule has 1 amide bonds. The van der Waals surface area contributed by atoms with Crippen molar-refractivity contribution in [3.63, 3.8) is 0 Å². The van der Waals surface area contributed by atoms with Crippen LogP contribution in [0.5, 0.6) is 11.5 Å². The predicted octanol–water partition coefficient (Wildman–Crippen LogP) is 7.47. The Kier molecular flexibility index (Phi) is 7.43. The van der Waals surface area contributed by atoms with Crippen molar-refractivity contribution in [1.29, 1.82) is 0 Å². The molecule has 5 rings (SSSR count). The Labute approximate surface area is 226 Å². The van der Waals surface area contributed by atoms with Gasteiger partial charge in [-0.25, -0.2) is 0 Å². The number of unbranched alkanes of at least 4 members (excludes halogenated alkanes) is 2. The van der Waals surface area contributed by atoms with Crippen molar-refractivity contribution >= 4 is 34.2 Å². The molecule has 0 N–H and O–H groups in total. The Morgan fingerprint density at radius 2 is 1.79 bits per heavy atom. The van der Waals surface area contributed by atoms with Gasteiger partial charge in [-0.15, -0.1) is 0 Å². The first kappa shape index (κ1) is 25.9. The number of carbonyl (C=O) groups is 1. The van der Waals surface area contributed by atoms with Crippen LogP contribution in [0.1, 0.15) is 66.4 Å². The zero-order valence-electron chi connectivity index (χ0n) is 21.8. The zero-order valence-corrected chi connectivity index (χ0v) is 22.5. The van der Waals surface area contributed by atoms with Crippen molar-refractivity contribution in [2.24, 2.45) is 0 Å². The van der Waals surface area contributed by atoms with E-state index in [0.29, 0.717) is 57.5 Å². The normalized spacial score (nSPS) is 14.7. The summed E-state index contributed by atoms with van der Waals surface area (Å²) in [6, 6.07) is 17.3. The maximum absolute atomic E-state index is 13.9. The smallest absolute Gasteiger partial charge is 0.295 e. The van der Waals surface area contributed by atoms with Gasteiger partial charge in [0.15, 0.2) is 16.9 Å². The zero-order chi connectivity index (χ0) is 26.8. The van der Waals surface area contributed by atoms with Crippen molar-refractivity contribution < 1.29 is 18.7 Å². The number of fused-ring (bicyclic) bond motifs is 2. The van der Waals surface area contributed by atoms with E-state index in [4.69, 9.17) is 25.5 Å². The van der Waals surface area contributed by atoms with E-state index in [-0.39, 0.29) is 11.2 Å². The minimum atomic E-state index is -0.731. The first-order valence-corrected chi connectivity index (χ1v) is 13.4. The van der Waals surface area contributed by atoms with Crippen LogP contribution in [0.3, 0.4) is 0 Å². The van der Waals surface area contributed by atoms with Gasteiger partial charge < -0.3 is 13.9 Å². The minimum absolute atomic E-state index is 0.0363. The van der Waals surface area contributed by atoms with Crippen LogP contribution in [0.4, 0.5) is 5.69 Å². The summed E-state index contributed by atoms with van der Waals surface area (Å²) in [4.78, 5) is 29.3. The van der Waals surface area contributed by atoms with Gasteiger partial charge in [-0.3, -0.25) is 14.5 Å². The molecule has 0 spiro atoms. The summed E-state index contributed by atoms with van der Waals surface area (Å²) in [7, 11) is 0. The summed E-state index contributed by atoms with van der Waals surface area (Å²) in [6.45, 7) is 7.00. The number of anilines is 1. The number of rotatable bonds is 9. The third-order valence-electron chi connectivity index (χ3n) is 6.70. The van der Waals surface area contributed by atoms with Crippen molar-refractivity contribution in [2.75, 3.05) is 18.1 Å². The number of nitrogens with zero attached hydrogens (tertiary/aromatic N) is 1. The van der Waals surface area contributed by atoms with Crippen molar-refractivity contribution in [3.8, 4) is 11.5 Å². The van der Waals surface area contributed by atoms with E-state index >= 15 is 0 Å². The highest BCUT2D eigenvalue weighted by molar-refractivity contribution is 6.31. The van der Waals surface area contributed by atoms with Gasteiger partial charge in [0.1, 0.15) is 5.58 Å². The molecule has 0 saturated heterocycles. The van der Waals surface area contributed by atoms with Gasteiger partial charge in [-0.2, -0.15) is 0 Å². The van der Waals surface area contributed by atoms with Crippen LogP contribution in [0, 0.1) is 6.92 Å². The number of ether oxygens (including phenoxy) is 2. The fourth-order valence-electron chi connectivity index (χ4n) is 4.91. The molecule has 38 heavy (non-hydrogen) atoms. The first-order chi connectivity index (χ1) is 18.4. The van der Waals surface area contributed by atoms with Crippen LogP contribution in [-0.2, 0) is 0 Å². The molecule has 1 aromatic heterocycles. The quantitative estimate of drug-likeness (QED) is 0.209. The van der Waals surface area contributed by atoms with Crippen LogP contribution in [-0.4, -0.2) is 19.1 Å². The highest BCUT2D eigenvalue weighted by Gasteiger charge is 2.44. The fourth-order valence-corrected chi connectivity index (χ4v) is 5.10. The molecular weight excluding hydrogens is 502 g/mol. The summed E-state index contributed by atoms with van der Waals surface area (Å²) < 4.78 is 18.0. The Balaban J connectivity index is 1.68. The average Bonchev–Trinajstić information content (AvgIpc) is 3.20. The molecule has 0 radical (unpaired) electrons. The molecular formula is C31H30ClNO5. The Hall–Kier alpha value is -3.77. The van der Waals surface area contributed by atoms with Gasteiger partial charge in [-0.05, 0) is 68.3 Å². The Morgan fingerprint density at radius 1 is 0.947 bits per heavy atom. The van der Waals surface area contributed by atoms with Crippen LogP contribution < -0.4 is 19.8 Å². The average molecular weight is 532 g/mol. The molecule has 4 aromatic rings. The molecule has 1 aliphatic heterocycles. The lowest BCUT2D eigenvalue weighted by Crippen LogP contribution is -2.29.